The monoisotopic (exact) mass is 465 g/mol. The van der Waals surface area contributed by atoms with Crippen molar-refractivity contribution < 1.29 is 4.74 Å². The third kappa shape index (κ3) is 3.47. The highest BCUT2D eigenvalue weighted by atomic mass is 32.1. The summed E-state index contributed by atoms with van der Waals surface area (Å²) in [7, 11) is 0. The molecule has 0 N–H and O–H groups in total. The van der Waals surface area contributed by atoms with E-state index in [0.29, 0.717) is 17.7 Å². The molecule has 168 valence electrons. The van der Waals surface area contributed by atoms with Crippen molar-refractivity contribution in [2.45, 2.75) is 20.4 Å². The van der Waals surface area contributed by atoms with Crippen LogP contribution in [0.2, 0.25) is 0 Å². The third-order valence-corrected chi connectivity index (χ3v) is 7.15. The largest absolute Gasteiger partial charge is 0.491 e. The lowest BCUT2D eigenvalue weighted by atomic mass is 10.1. The number of para-hydroxylation sites is 3. The van der Waals surface area contributed by atoms with Gasteiger partial charge in [-0.05, 0) is 55.3 Å². The lowest BCUT2D eigenvalue weighted by Crippen LogP contribution is -2.22. The summed E-state index contributed by atoms with van der Waals surface area (Å²) in [5.41, 5.74) is 6.14. The second-order valence-electron chi connectivity index (χ2n) is 8.55. The van der Waals surface area contributed by atoms with Crippen molar-refractivity contribution in [3.8, 4) is 5.75 Å². The molecule has 0 bridgehead atoms. The number of nitrogens with zero attached hydrogens (tertiary/aromatic N) is 3. The zero-order chi connectivity index (χ0) is 23.2. The molecule has 0 aliphatic heterocycles. The molecular formula is C28H23N3O2S. The Hall–Kier alpha value is -3.90. The minimum absolute atomic E-state index is 0.0243. The molecule has 6 aromatic rings. The molecule has 3 heterocycles. The van der Waals surface area contributed by atoms with E-state index in [1.807, 2.05) is 42.5 Å². The number of hydrogen-bond acceptors (Lipinski definition) is 4. The average Bonchev–Trinajstić information content (AvgIpc) is 3.48. The van der Waals surface area contributed by atoms with E-state index >= 15 is 0 Å². The number of hydrogen-bond donors (Lipinski definition) is 0. The van der Waals surface area contributed by atoms with Gasteiger partial charge in [-0.25, -0.2) is 9.38 Å². The van der Waals surface area contributed by atoms with Gasteiger partial charge in [-0.3, -0.25) is 4.79 Å². The first-order valence-electron chi connectivity index (χ1n) is 11.3. The molecule has 0 saturated heterocycles. The Morgan fingerprint density at radius 3 is 2.68 bits per heavy atom. The van der Waals surface area contributed by atoms with Gasteiger partial charge in [0, 0.05) is 22.7 Å². The topological polar surface area (TPSA) is 48.5 Å². The van der Waals surface area contributed by atoms with Gasteiger partial charge in [-0.15, -0.1) is 0 Å². The third-order valence-electron chi connectivity index (χ3n) is 6.18. The number of aryl methyl sites for hydroxylation is 2. The predicted octanol–water partition coefficient (Wildman–Crippen LogP) is 5.11. The first-order chi connectivity index (χ1) is 16.6. The van der Waals surface area contributed by atoms with Crippen molar-refractivity contribution in [1.82, 2.24) is 14.0 Å². The molecular weight excluding hydrogens is 442 g/mol. The van der Waals surface area contributed by atoms with E-state index < -0.39 is 0 Å². The number of imidazole rings is 1. The highest BCUT2D eigenvalue weighted by Crippen LogP contribution is 2.23. The van der Waals surface area contributed by atoms with Gasteiger partial charge in [0.25, 0.3) is 5.56 Å². The molecule has 6 heteroatoms. The fraction of sp³-hybridized carbons (Fsp3) is 0.143. The van der Waals surface area contributed by atoms with Crippen LogP contribution in [0.1, 0.15) is 16.7 Å². The molecule has 3 aromatic carbocycles. The van der Waals surface area contributed by atoms with Crippen LogP contribution in [0.15, 0.2) is 77.7 Å². The molecule has 0 spiro atoms. The quantitative estimate of drug-likeness (QED) is 0.356. The van der Waals surface area contributed by atoms with E-state index in [1.165, 1.54) is 16.9 Å². The van der Waals surface area contributed by atoms with Crippen molar-refractivity contribution in [3.05, 3.63) is 105 Å². The Bertz CT molecular complexity index is 1790. The lowest BCUT2D eigenvalue weighted by molar-refractivity contribution is 0.298. The van der Waals surface area contributed by atoms with Gasteiger partial charge in [0.2, 0.25) is 0 Å². The highest BCUT2D eigenvalue weighted by molar-refractivity contribution is 7.15. The van der Waals surface area contributed by atoms with Crippen molar-refractivity contribution in [2.24, 2.45) is 0 Å². The van der Waals surface area contributed by atoms with Crippen LogP contribution in [0.3, 0.4) is 0 Å². The highest BCUT2D eigenvalue weighted by Gasteiger charge is 2.12. The number of rotatable bonds is 5. The molecule has 0 unspecified atom stereocenters. The Labute approximate surface area is 200 Å². The van der Waals surface area contributed by atoms with Gasteiger partial charge in [-0.2, -0.15) is 0 Å². The van der Waals surface area contributed by atoms with Crippen molar-refractivity contribution in [1.29, 1.82) is 0 Å². The predicted molar refractivity (Wildman–Crippen MR) is 139 cm³/mol. The zero-order valence-corrected chi connectivity index (χ0v) is 19.8. The number of fused-ring (bicyclic) bond motifs is 4. The van der Waals surface area contributed by atoms with E-state index in [4.69, 9.17) is 4.74 Å². The van der Waals surface area contributed by atoms with Crippen LogP contribution in [0, 0.1) is 13.8 Å². The molecule has 0 radical (unpaired) electrons. The van der Waals surface area contributed by atoms with Gasteiger partial charge in [0.1, 0.15) is 12.4 Å². The maximum absolute atomic E-state index is 13.2. The molecule has 0 amide bonds. The molecule has 3 aromatic heterocycles. The number of thiazole rings is 1. The maximum Gasteiger partial charge on any atom is 0.274 e. The minimum Gasteiger partial charge on any atom is -0.491 e. The molecule has 0 aliphatic rings. The fourth-order valence-corrected chi connectivity index (χ4v) is 5.42. The number of aromatic nitrogens is 3. The maximum atomic E-state index is 13.2. The van der Waals surface area contributed by atoms with Crippen LogP contribution in [-0.4, -0.2) is 20.6 Å². The van der Waals surface area contributed by atoms with Gasteiger partial charge in [-0.1, -0.05) is 53.8 Å². The Kier molecular flexibility index (Phi) is 4.96. The zero-order valence-electron chi connectivity index (χ0n) is 19.0. The Balaban J connectivity index is 1.37. The lowest BCUT2D eigenvalue weighted by Gasteiger charge is -2.11. The van der Waals surface area contributed by atoms with Crippen LogP contribution in [0.5, 0.6) is 5.75 Å². The van der Waals surface area contributed by atoms with Crippen LogP contribution >= 0.6 is 11.3 Å². The van der Waals surface area contributed by atoms with Crippen LogP contribution in [-0.2, 0) is 6.54 Å². The molecule has 34 heavy (non-hydrogen) atoms. The van der Waals surface area contributed by atoms with Crippen molar-refractivity contribution in [3.63, 3.8) is 0 Å². The second-order valence-corrected chi connectivity index (χ2v) is 9.56. The number of ether oxygens (including phenoxy) is 1. The smallest absolute Gasteiger partial charge is 0.274 e. The van der Waals surface area contributed by atoms with Crippen LogP contribution in [0.25, 0.3) is 33.0 Å². The van der Waals surface area contributed by atoms with Gasteiger partial charge < -0.3 is 9.30 Å². The summed E-state index contributed by atoms with van der Waals surface area (Å²) in [6.07, 6.45) is 4.10. The van der Waals surface area contributed by atoms with E-state index in [1.54, 1.807) is 4.40 Å². The standard InChI is InChI=1S/C28H23N3O2S/c1-18-11-12-19(2)25(15-18)33-14-13-30-17-20(21-7-3-5-9-23(21)30)16-26-27(32)31-24-10-6-4-8-22(24)29-28(31)34-26/h3-12,15-17H,13-14H2,1-2H3/b26-16-. The second kappa shape index (κ2) is 8.15. The SMILES string of the molecule is Cc1ccc(C)c(OCCn2cc(/C=c3\sc4nc5ccccc5n4c3=O)c3ccccc32)c1. The van der Waals surface area contributed by atoms with Gasteiger partial charge >= 0.3 is 0 Å². The van der Waals surface area contributed by atoms with Crippen molar-refractivity contribution in [2.75, 3.05) is 6.61 Å². The molecule has 5 nitrogen and oxygen atoms in total. The molecule has 0 atom stereocenters. The van der Waals surface area contributed by atoms with Crippen LogP contribution in [0.4, 0.5) is 0 Å². The molecule has 6 rings (SSSR count). The summed E-state index contributed by atoms with van der Waals surface area (Å²) in [5.74, 6) is 0.924. The number of benzene rings is 3. The van der Waals surface area contributed by atoms with Crippen LogP contribution < -0.4 is 14.8 Å². The van der Waals surface area contributed by atoms with E-state index in [9.17, 15) is 4.79 Å². The fourth-order valence-electron chi connectivity index (χ4n) is 4.45. The van der Waals surface area contributed by atoms with Gasteiger partial charge in [0.15, 0.2) is 4.96 Å². The van der Waals surface area contributed by atoms with Gasteiger partial charge in [0.05, 0.1) is 22.1 Å². The average molecular weight is 466 g/mol. The molecule has 0 saturated carbocycles. The normalized spacial score (nSPS) is 12.4. The Morgan fingerprint density at radius 1 is 1.00 bits per heavy atom. The van der Waals surface area contributed by atoms with Crippen molar-refractivity contribution >= 4 is 44.3 Å². The molecule has 0 fully saturated rings. The summed E-state index contributed by atoms with van der Waals surface area (Å²) >= 11 is 1.43. The summed E-state index contributed by atoms with van der Waals surface area (Å²) in [5, 5.41) is 1.12. The first kappa shape index (κ1) is 20.7. The van der Waals surface area contributed by atoms with E-state index in [0.717, 1.165) is 43.8 Å². The summed E-state index contributed by atoms with van der Waals surface area (Å²) < 4.78 is 10.7. The first-order valence-corrected chi connectivity index (χ1v) is 12.1. The summed E-state index contributed by atoms with van der Waals surface area (Å²) in [6, 6.07) is 22.3. The van der Waals surface area contributed by atoms with E-state index in [2.05, 4.69) is 59.9 Å². The van der Waals surface area contributed by atoms with E-state index in [-0.39, 0.29) is 5.56 Å². The molecule has 0 aliphatic carbocycles. The Morgan fingerprint density at radius 2 is 1.79 bits per heavy atom. The summed E-state index contributed by atoms with van der Waals surface area (Å²) in [4.78, 5) is 18.6. The summed E-state index contributed by atoms with van der Waals surface area (Å²) in [6.45, 7) is 5.41. The minimum atomic E-state index is -0.0243.